The zero-order chi connectivity index (χ0) is 10.0. The first-order valence-electron chi connectivity index (χ1n) is 5.77. The van der Waals surface area contributed by atoms with E-state index >= 15 is 0 Å². The van der Waals surface area contributed by atoms with E-state index in [9.17, 15) is 4.79 Å². The summed E-state index contributed by atoms with van der Waals surface area (Å²) in [6.07, 6.45) is 4.40. The van der Waals surface area contributed by atoms with Crippen LogP contribution < -0.4 is 5.32 Å². The summed E-state index contributed by atoms with van der Waals surface area (Å²) >= 11 is 0. The Bertz CT molecular complexity index is 219. The van der Waals surface area contributed by atoms with Gasteiger partial charge in [-0.3, -0.25) is 4.79 Å². The Kier molecular flexibility index (Phi) is 2.77. The van der Waals surface area contributed by atoms with Crippen molar-refractivity contribution in [1.29, 1.82) is 0 Å². The molecule has 3 nitrogen and oxygen atoms in total. The van der Waals surface area contributed by atoms with Gasteiger partial charge in [-0.25, -0.2) is 0 Å². The minimum atomic E-state index is 0.00389. The lowest BCUT2D eigenvalue weighted by molar-refractivity contribution is -0.136. The molecule has 14 heavy (non-hydrogen) atoms. The molecule has 0 radical (unpaired) electrons. The highest BCUT2D eigenvalue weighted by molar-refractivity contribution is 5.83. The van der Waals surface area contributed by atoms with Gasteiger partial charge in [-0.15, -0.1) is 0 Å². The average Bonchev–Trinajstić information content (AvgIpc) is 2.24. The molecule has 80 valence electrons. The van der Waals surface area contributed by atoms with Crippen molar-refractivity contribution in [2.24, 2.45) is 5.41 Å². The number of nitrogens with zero attached hydrogens (tertiary/aromatic N) is 1. The summed E-state index contributed by atoms with van der Waals surface area (Å²) in [5.74, 6) is 0.319. The second-order valence-corrected chi connectivity index (χ2v) is 4.57. The van der Waals surface area contributed by atoms with Crippen molar-refractivity contribution >= 4 is 5.91 Å². The highest BCUT2D eigenvalue weighted by Crippen LogP contribution is 2.37. The third kappa shape index (κ3) is 1.65. The Labute approximate surface area is 85.8 Å². The van der Waals surface area contributed by atoms with Crippen LogP contribution in [0, 0.1) is 5.41 Å². The van der Waals surface area contributed by atoms with E-state index in [1.807, 2.05) is 0 Å². The Morgan fingerprint density at radius 3 is 2.64 bits per heavy atom. The first-order chi connectivity index (χ1) is 6.77. The molecule has 2 saturated heterocycles. The fourth-order valence-electron chi connectivity index (χ4n) is 2.70. The number of likely N-dealkylation sites (tertiary alicyclic amines) is 1. The SMILES string of the molecule is CCN1CCC2(CCCNC2=O)CC1. The molecule has 0 aliphatic carbocycles. The minimum absolute atomic E-state index is 0.00389. The van der Waals surface area contributed by atoms with Crippen molar-refractivity contribution in [3.05, 3.63) is 0 Å². The van der Waals surface area contributed by atoms with Crippen molar-refractivity contribution in [2.75, 3.05) is 26.2 Å². The van der Waals surface area contributed by atoms with Crippen molar-refractivity contribution in [1.82, 2.24) is 10.2 Å². The van der Waals surface area contributed by atoms with Crippen molar-refractivity contribution in [2.45, 2.75) is 32.6 Å². The second-order valence-electron chi connectivity index (χ2n) is 4.57. The largest absolute Gasteiger partial charge is 0.356 e. The Balaban J connectivity index is 1.99. The number of carbonyl (C=O) groups excluding carboxylic acids is 1. The van der Waals surface area contributed by atoms with Gasteiger partial charge in [0, 0.05) is 6.54 Å². The molecule has 0 unspecified atom stereocenters. The van der Waals surface area contributed by atoms with Gasteiger partial charge in [0.05, 0.1) is 5.41 Å². The summed E-state index contributed by atoms with van der Waals surface area (Å²) in [4.78, 5) is 14.3. The molecule has 0 aromatic carbocycles. The van der Waals surface area contributed by atoms with Crippen LogP contribution in [0.25, 0.3) is 0 Å². The molecule has 0 aromatic heterocycles. The van der Waals surface area contributed by atoms with Crippen LogP contribution >= 0.6 is 0 Å². The standard InChI is InChI=1S/C11H20N2O/c1-2-13-8-5-11(6-9-13)4-3-7-12-10(11)14/h2-9H2,1H3,(H,12,14). The molecule has 2 heterocycles. The van der Waals surface area contributed by atoms with Crippen LogP contribution in [0.1, 0.15) is 32.6 Å². The van der Waals surface area contributed by atoms with E-state index in [1.165, 1.54) is 0 Å². The number of piperidine rings is 2. The van der Waals surface area contributed by atoms with Crippen LogP contribution in [0.2, 0.25) is 0 Å². The van der Waals surface area contributed by atoms with Gasteiger partial charge in [0.15, 0.2) is 0 Å². The third-order valence-electron chi connectivity index (χ3n) is 3.86. The Morgan fingerprint density at radius 2 is 2.07 bits per heavy atom. The number of rotatable bonds is 1. The Hall–Kier alpha value is -0.570. The zero-order valence-electron chi connectivity index (χ0n) is 9.01. The summed E-state index contributed by atoms with van der Waals surface area (Å²) in [6, 6.07) is 0. The second kappa shape index (κ2) is 3.89. The summed E-state index contributed by atoms with van der Waals surface area (Å²) in [5.41, 5.74) is 0.00389. The van der Waals surface area contributed by atoms with Gasteiger partial charge in [0.1, 0.15) is 0 Å². The zero-order valence-corrected chi connectivity index (χ0v) is 9.01. The van der Waals surface area contributed by atoms with Gasteiger partial charge in [-0.1, -0.05) is 6.92 Å². The first-order valence-corrected chi connectivity index (χ1v) is 5.77. The fraction of sp³-hybridized carbons (Fsp3) is 0.909. The maximum absolute atomic E-state index is 11.8. The Morgan fingerprint density at radius 1 is 1.36 bits per heavy atom. The van der Waals surface area contributed by atoms with Gasteiger partial charge < -0.3 is 10.2 Å². The highest BCUT2D eigenvalue weighted by atomic mass is 16.2. The molecule has 2 aliphatic heterocycles. The van der Waals surface area contributed by atoms with E-state index in [1.54, 1.807) is 0 Å². The lowest BCUT2D eigenvalue weighted by Gasteiger charge is -2.42. The van der Waals surface area contributed by atoms with Crippen LogP contribution in [0.3, 0.4) is 0 Å². The van der Waals surface area contributed by atoms with E-state index in [0.29, 0.717) is 5.91 Å². The monoisotopic (exact) mass is 196 g/mol. The van der Waals surface area contributed by atoms with Gasteiger partial charge in [0.25, 0.3) is 0 Å². The number of nitrogens with one attached hydrogen (secondary N) is 1. The van der Waals surface area contributed by atoms with Gasteiger partial charge >= 0.3 is 0 Å². The molecule has 1 amide bonds. The van der Waals surface area contributed by atoms with Crippen molar-refractivity contribution in [3.63, 3.8) is 0 Å². The molecule has 2 fully saturated rings. The fourth-order valence-corrected chi connectivity index (χ4v) is 2.70. The van der Waals surface area contributed by atoms with Crippen molar-refractivity contribution in [3.8, 4) is 0 Å². The molecule has 2 rings (SSSR count). The summed E-state index contributed by atoms with van der Waals surface area (Å²) < 4.78 is 0. The minimum Gasteiger partial charge on any atom is -0.356 e. The maximum Gasteiger partial charge on any atom is 0.226 e. The molecular weight excluding hydrogens is 176 g/mol. The predicted molar refractivity (Wildman–Crippen MR) is 56.0 cm³/mol. The smallest absolute Gasteiger partial charge is 0.226 e. The molecule has 3 heteroatoms. The lowest BCUT2D eigenvalue weighted by atomic mass is 9.72. The predicted octanol–water partition coefficient (Wildman–Crippen LogP) is 0.998. The van der Waals surface area contributed by atoms with Crippen LogP contribution in [-0.2, 0) is 4.79 Å². The quantitative estimate of drug-likeness (QED) is 0.678. The van der Waals surface area contributed by atoms with Gasteiger partial charge in [0.2, 0.25) is 5.91 Å². The molecule has 1 N–H and O–H groups in total. The molecule has 0 aromatic rings. The number of hydrogen-bond donors (Lipinski definition) is 1. The third-order valence-corrected chi connectivity index (χ3v) is 3.86. The molecule has 0 bridgehead atoms. The number of hydrogen-bond acceptors (Lipinski definition) is 2. The highest BCUT2D eigenvalue weighted by Gasteiger charge is 2.42. The van der Waals surface area contributed by atoms with E-state index in [-0.39, 0.29) is 5.41 Å². The first kappa shape index (κ1) is 9.97. The van der Waals surface area contributed by atoms with Crippen LogP contribution in [0.15, 0.2) is 0 Å². The van der Waals surface area contributed by atoms with Crippen LogP contribution in [0.4, 0.5) is 0 Å². The van der Waals surface area contributed by atoms with E-state index in [0.717, 1.165) is 51.9 Å². The van der Waals surface area contributed by atoms with Crippen molar-refractivity contribution < 1.29 is 4.79 Å². The van der Waals surface area contributed by atoms with E-state index in [4.69, 9.17) is 0 Å². The number of amides is 1. The normalized spacial score (nSPS) is 27.6. The van der Waals surface area contributed by atoms with Crippen LogP contribution in [0.5, 0.6) is 0 Å². The lowest BCUT2D eigenvalue weighted by Crippen LogP contribution is -2.51. The van der Waals surface area contributed by atoms with Gasteiger partial charge in [-0.2, -0.15) is 0 Å². The molecular formula is C11H20N2O. The molecule has 1 spiro atoms. The average molecular weight is 196 g/mol. The summed E-state index contributed by atoms with van der Waals surface area (Å²) in [5, 5.41) is 3.02. The molecule has 0 saturated carbocycles. The molecule has 0 atom stereocenters. The van der Waals surface area contributed by atoms with E-state index < -0.39 is 0 Å². The topological polar surface area (TPSA) is 32.3 Å². The summed E-state index contributed by atoms with van der Waals surface area (Å²) in [7, 11) is 0. The maximum atomic E-state index is 11.8. The summed E-state index contributed by atoms with van der Waals surface area (Å²) in [6.45, 7) is 6.41. The number of carbonyl (C=O) groups is 1. The van der Waals surface area contributed by atoms with Crippen LogP contribution in [-0.4, -0.2) is 37.0 Å². The van der Waals surface area contributed by atoms with Gasteiger partial charge in [-0.05, 0) is 45.3 Å². The molecule has 2 aliphatic rings. The van der Waals surface area contributed by atoms with E-state index in [2.05, 4.69) is 17.1 Å².